The molecule has 0 radical (unpaired) electrons. The standard InChI is InChI=1S/C27H38N6O2/c28-25(34)11-14-33(21-23-7-2-1-3-8-23)27(35)22-31-13-6-9-24(20-31)19-30-15-17-32(18-16-30)26-10-4-5-12-29-26/h1-5,7-8,10,12,24H,6,9,11,13-22H2,(H2,28,34). The molecule has 2 aromatic rings. The van der Waals surface area contributed by atoms with Crippen molar-refractivity contribution in [3.05, 3.63) is 60.3 Å². The number of piperazine rings is 1. The van der Waals surface area contributed by atoms with Gasteiger partial charge in [0, 0.05) is 65.0 Å². The normalized spacial score (nSPS) is 19.4. The van der Waals surface area contributed by atoms with Gasteiger partial charge in [-0.2, -0.15) is 0 Å². The van der Waals surface area contributed by atoms with Crippen molar-refractivity contribution in [3.8, 4) is 0 Å². The van der Waals surface area contributed by atoms with Crippen LogP contribution in [0.25, 0.3) is 0 Å². The quantitative estimate of drug-likeness (QED) is 0.561. The third-order valence-corrected chi connectivity index (χ3v) is 7.02. The number of aromatic nitrogens is 1. The van der Waals surface area contributed by atoms with Crippen LogP contribution in [0.1, 0.15) is 24.8 Å². The number of piperidine rings is 1. The van der Waals surface area contributed by atoms with Gasteiger partial charge in [0.25, 0.3) is 0 Å². The van der Waals surface area contributed by atoms with E-state index < -0.39 is 0 Å². The van der Waals surface area contributed by atoms with E-state index in [2.05, 4.69) is 25.8 Å². The Bertz CT molecular complexity index is 933. The Balaban J connectivity index is 1.26. The topological polar surface area (TPSA) is 86.0 Å². The van der Waals surface area contributed by atoms with E-state index in [0.29, 0.717) is 25.6 Å². The van der Waals surface area contributed by atoms with Crippen LogP contribution in [0.4, 0.5) is 5.82 Å². The zero-order valence-corrected chi connectivity index (χ0v) is 20.6. The van der Waals surface area contributed by atoms with Gasteiger partial charge in [-0.15, -0.1) is 0 Å². The second-order valence-corrected chi connectivity index (χ2v) is 9.74. The summed E-state index contributed by atoms with van der Waals surface area (Å²) in [4.78, 5) is 38.0. The van der Waals surface area contributed by atoms with E-state index in [4.69, 9.17) is 5.73 Å². The van der Waals surface area contributed by atoms with E-state index in [0.717, 1.165) is 63.6 Å². The van der Waals surface area contributed by atoms with Crippen molar-refractivity contribution in [1.29, 1.82) is 0 Å². The van der Waals surface area contributed by atoms with Crippen LogP contribution in [0.2, 0.25) is 0 Å². The fraction of sp³-hybridized carbons (Fsp3) is 0.519. The number of pyridine rings is 1. The first-order valence-corrected chi connectivity index (χ1v) is 12.8. The highest BCUT2D eigenvalue weighted by molar-refractivity contribution is 5.79. The first-order chi connectivity index (χ1) is 17.1. The van der Waals surface area contributed by atoms with Crippen LogP contribution in [0.15, 0.2) is 54.7 Å². The molecule has 2 fully saturated rings. The van der Waals surface area contributed by atoms with E-state index >= 15 is 0 Å². The first-order valence-electron chi connectivity index (χ1n) is 12.8. The molecule has 0 aliphatic carbocycles. The summed E-state index contributed by atoms with van der Waals surface area (Å²) in [6, 6.07) is 16.0. The van der Waals surface area contributed by atoms with Crippen molar-refractivity contribution in [2.24, 2.45) is 11.7 Å². The van der Waals surface area contributed by atoms with Gasteiger partial charge < -0.3 is 15.5 Å². The van der Waals surface area contributed by atoms with Crippen LogP contribution in [-0.2, 0) is 16.1 Å². The minimum Gasteiger partial charge on any atom is -0.370 e. The van der Waals surface area contributed by atoms with Crippen molar-refractivity contribution < 1.29 is 9.59 Å². The molecule has 3 heterocycles. The highest BCUT2D eigenvalue weighted by Crippen LogP contribution is 2.20. The van der Waals surface area contributed by atoms with E-state index in [-0.39, 0.29) is 18.2 Å². The maximum atomic E-state index is 13.2. The lowest BCUT2D eigenvalue weighted by Gasteiger charge is -2.39. The second kappa shape index (κ2) is 12.7. The van der Waals surface area contributed by atoms with Crippen LogP contribution >= 0.6 is 0 Å². The van der Waals surface area contributed by atoms with Crippen LogP contribution in [0.3, 0.4) is 0 Å². The number of nitrogens with two attached hydrogens (primary N) is 1. The average molecular weight is 479 g/mol. The molecule has 188 valence electrons. The summed E-state index contributed by atoms with van der Waals surface area (Å²) in [6.45, 7) is 8.33. The van der Waals surface area contributed by atoms with Crippen LogP contribution < -0.4 is 10.6 Å². The molecule has 1 atom stereocenters. The Hall–Kier alpha value is -2.97. The highest BCUT2D eigenvalue weighted by atomic mass is 16.2. The van der Waals surface area contributed by atoms with Gasteiger partial charge in [0.05, 0.1) is 6.54 Å². The minimum atomic E-state index is -0.378. The molecule has 2 aliphatic rings. The fourth-order valence-corrected chi connectivity index (χ4v) is 5.14. The molecule has 1 aromatic heterocycles. The van der Waals surface area contributed by atoms with E-state index in [1.807, 2.05) is 48.7 Å². The summed E-state index contributed by atoms with van der Waals surface area (Å²) >= 11 is 0. The molecule has 35 heavy (non-hydrogen) atoms. The minimum absolute atomic E-state index is 0.0692. The summed E-state index contributed by atoms with van der Waals surface area (Å²) in [5.41, 5.74) is 6.43. The number of likely N-dealkylation sites (tertiary alicyclic amines) is 1. The van der Waals surface area contributed by atoms with Crippen molar-refractivity contribution in [2.45, 2.75) is 25.8 Å². The van der Waals surface area contributed by atoms with Crippen LogP contribution in [0, 0.1) is 5.92 Å². The lowest BCUT2D eigenvalue weighted by molar-refractivity contribution is -0.134. The van der Waals surface area contributed by atoms with Gasteiger partial charge >= 0.3 is 0 Å². The third kappa shape index (κ3) is 7.77. The molecule has 2 aliphatic heterocycles. The highest BCUT2D eigenvalue weighted by Gasteiger charge is 2.27. The van der Waals surface area contributed by atoms with Gasteiger partial charge in [0.2, 0.25) is 11.8 Å². The summed E-state index contributed by atoms with van der Waals surface area (Å²) < 4.78 is 0. The Labute approximate surface area is 208 Å². The fourth-order valence-electron chi connectivity index (χ4n) is 5.14. The maximum absolute atomic E-state index is 13.2. The van der Waals surface area contributed by atoms with Crippen molar-refractivity contribution >= 4 is 17.6 Å². The second-order valence-electron chi connectivity index (χ2n) is 9.74. The molecule has 0 bridgehead atoms. The molecule has 2 N–H and O–H groups in total. The third-order valence-electron chi connectivity index (χ3n) is 7.02. The number of hydrogen-bond donors (Lipinski definition) is 1. The first kappa shape index (κ1) is 25.1. The number of benzene rings is 1. The molecule has 0 saturated carbocycles. The molecular weight excluding hydrogens is 440 g/mol. The summed E-state index contributed by atoms with van der Waals surface area (Å²) in [5.74, 6) is 1.33. The number of amides is 2. The van der Waals surface area contributed by atoms with E-state index in [9.17, 15) is 9.59 Å². The SMILES string of the molecule is NC(=O)CCN(Cc1ccccc1)C(=O)CN1CCCC(CN2CCN(c3ccccn3)CC2)C1. The molecule has 1 unspecified atom stereocenters. The molecule has 4 rings (SSSR count). The number of rotatable bonds is 10. The summed E-state index contributed by atoms with van der Waals surface area (Å²) in [6.07, 6.45) is 4.37. The number of anilines is 1. The van der Waals surface area contributed by atoms with Gasteiger partial charge in [-0.3, -0.25) is 19.4 Å². The molecular formula is C27H38N6O2. The van der Waals surface area contributed by atoms with Gasteiger partial charge in [0.15, 0.2) is 0 Å². The predicted octanol–water partition coefficient (Wildman–Crippen LogP) is 1.82. The molecule has 0 spiro atoms. The van der Waals surface area contributed by atoms with Gasteiger partial charge in [-0.05, 0) is 43.0 Å². The molecule has 8 heteroatoms. The number of carbonyl (C=O) groups excluding carboxylic acids is 2. The molecule has 8 nitrogen and oxygen atoms in total. The smallest absolute Gasteiger partial charge is 0.237 e. The molecule has 2 saturated heterocycles. The van der Waals surface area contributed by atoms with Crippen LogP contribution in [-0.4, -0.2) is 90.4 Å². The zero-order valence-electron chi connectivity index (χ0n) is 20.6. The van der Waals surface area contributed by atoms with Crippen molar-refractivity contribution in [3.63, 3.8) is 0 Å². The zero-order chi connectivity index (χ0) is 24.5. The number of primary amides is 1. The number of carbonyl (C=O) groups is 2. The summed E-state index contributed by atoms with van der Waals surface area (Å²) in [7, 11) is 0. The van der Waals surface area contributed by atoms with Crippen molar-refractivity contribution in [1.82, 2.24) is 19.7 Å². The summed E-state index contributed by atoms with van der Waals surface area (Å²) in [5, 5.41) is 0. The van der Waals surface area contributed by atoms with Crippen LogP contribution in [0.5, 0.6) is 0 Å². The Kier molecular flexibility index (Phi) is 9.08. The van der Waals surface area contributed by atoms with E-state index in [1.54, 1.807) is 4.90 Å². The lowest BCUT2D eigenvalue weighted by Crippen LogP contribution is -2.50. The number of nitrogens with zero attached hydrogens (tertiary/aromatic N) is 5. The average Bonchev–Trinajstić information content (AvgIpc) is 2.88. The largest absolute Gasteiger partial charge is 0.370 e. The van der Waals surface area contributed by atoms with Crippen molar-refractivity contribution in [2.75, 3.05) is 63.8 Å². The monoisotopic (exact) mass is 478 g/mol. The molecule has 1 aromatic carbocycles. The Morgan fingerprint density at radius 1 is 0.971 bits per heavy atom. The Morgan fingerprint density at radius 2 is 1.74 bits per heavy atom. The Morgan fingerprint density at radius 3 is 2.46 bits per heavy atom. The van der Waals surface area contributed by atoms with Gasteiger partial charge in [-0.1, -0.05) is 36.4 Å². The van der Waals surface area contributed by atoms with Gasteiger partial charge in [0.1, 0.15) is 5.82 Å². The predicted molar refractivity (Wildman–Crippen MR) is 138 cm³/mol. The van der Waals surface area contributed by atoms with E-state index in [1.165, 1.54) is 6.42 Å². The lowest BCUT2D eigenvalue weighted by atomic mass is 9.97. The maximum Gasteiger partial charge on any atom is 0.237 e. The molecule has 2 amide bonds. The number of hydrogen-bond acceptors (Lipinski definition) is 6. The van der Waals surface area contributed by atoms with Gasteiger partial charge in [-0.25, -0.2) is 4.98 Å².